The first-order chi connectivity index (χ1) is 19.5. The molecule has 212 valence electrons. The number of allylic oxidation sites excluding steroid dienone is 1. The fraction of sp³-hybridized carbons (Fsp3) is 0.545. The molecule has 6 atom stereocenters. The monoisotopic (exact) mass is 578 g/mol. The van der Waals surface area contributed by atoms with E-state index in [4.69, 9.17) is 16.3 Å². The highest BCUT2D eigenvalue weighted by molar-refractivity contribution is 7.98. The van der Waals surface area contributed by atoms with Gasteiger partial charge in [-0.2, -0.15) is 0 Å². The average Bonchev–Trinajstić information content (AvgIpc) is 3.09. The van der Waals surface area contributed by atoms with Gasteiger partial charge >= 0.3 is 0 Å². The molecule has 2 heterocycles. The maximum atomic E-state index is 13.4. The molecule has 3 aliphatic carbocycles. The van der Waals surface area contributed by atoms with Crippen LogP contribution in [0.5, 0.6) is 5.75 Å². The number of halogens is 1. The zero-order valence-electron chi connectivity index (χ0n) is 23.0. The van der Waals surface area contributed by atoms with Crippen LogP contribution < -0.4 is 14.4 Å². The van der Waals surface area contributed by atoms with Crippen molar-refractivity contribution >= 4 is 35.1 Å². The molecule has 7 heteroatoms. The number of nitrogens with one attached hydrogen (secondary N) is 1. The van der Waals surface area contributed by atoms with Crippen LogP contribution in [0.3, 0.4) is 0 Å². The van der Waals surface area contributed by atoms with Crippen LogP contribution in [0.2, 0.25) is 5.02 Å². The van der Waals surface area contributed by atoms with Crippen LogP contribution in [-0.2, 0) is 11.8 Å². The summed E-state index contributed by atoms with van der Waals surface area (Å²) in [5.74, 6) is 1.94. The second-order valence-corrected chi connectivity index (χ2v) is 14.3. The van der Waals surface area contributed by atoms with E-state index in [2.05, 4.69) is 33.9 Å². The van der Waals surface area contributed by atoms with Crippen molar-refractivity contribution < 1.29 is 14.6 Å². The minimum Gasteiger partial charge on any atom is -0.490 e. The number of hydrogen-bond donors (Lipinski definition) is 2. The van der Waals surface area contributed by atoms with E-state index in [0.717, 1.165) is 87.3 Å². The highest BCUT2D eigenvalue weighted by atomic mass is 35.5. The lowest BCUT2D eigenvalue weighted by atomic mass is 9.68. The lowest BCUT2D eigenvalue weighted by Crippen LogP contribution is -2.49. The molecular weight excluding hydrogens is 540 g/mol. The van der Waals surface area contributed by atoms with E-state index in [1.165, 1.54) is 11.1 Å². The summed E-state index contributed by atoms with van der Waals surface area (Å²) in [4.78, 5) is 15.8. The number of amides is 1. The van der Waals surface area contributed by atoms with E-state index >= 15 is 0 Å². The number of carbonyl (C=O) groups excluding carboxylic acids is 1. The predicted octanol–water partition coefficient (Wildman–Crippen LogP) is 6.71. The second kappa shape index (κ2) is 10.9. The lowest BCUT2D eigenvalue weighted by molar-refractivity contribution is 0.0453. The molecule has 40 heavy (non-hydrogen) atoms. The van der Waals surface area contributed by atoms with Crippen LogP contribution in [0.1, 0.15) is 72.9 Å². The Morgan fingerprint density at radius 3 is 2.88 bits per heavy atom. The van der Waals surface area contributed by atoms with E-state index in [0.29, 0.717) is 29.3 Å². The summed E-state index contributed by atoms with van der Waals surface area (Å²) in [6.45, 7) is 2.28. The number of rotatable bonds is 0. The minimum atomic E-state index is -0.403. The topological polar surface area (TPSA) is 61.8 Å². The van der Waals surface area contributed by atoms with Crippen molar-refractivity contribution in [3.63, 3.8) is 0 Å². The van der Waals surface area contributed by atoms with Crippen molar-refractivity contribution in [1.82, 2.24) is 4.72 Å². The molecule has 2 fully saturated rings. The number of aryl methyl sites for hydroxylation is 1. The van der Waals surface area contributed by atoms with Crippen LogP contribution in [0.4, 0.5) is 5.69 Å². The lowest BCUT2D eigenvalue weighted by Gasteiger charge is -2.45. The number of carbonyl (C=O) groups is 1. The minimum absolute atomic E-state index is 0.0360. The third-order valence-corrected chi connectivity index (χ3v) is 11.5. The third-order valence-electron chi connectivity index (χ3n) is 10.2. The van der Waals surface area contributed by atoms with Gasteiger partial charge in [0.05, 0.1) is 18.4 Å². The van der Waals surface area contributed by atoms with Crippen molar-refractivity contribution in [2.45, 2.75) is 74.6 Å². The molecule has 0 radical (unpaired) electrons. The first-order valence-electron chi connectivity index (χ1n) is 15.1. The van der Waals surface area contributed by atoms with Gasteiger partial charge in [0.15, 0.2) is 0 Å². The fourth-order valence-electron chi connectivity index (χ4n) is 7.88. The number of hydrogen-bond acceptors (Lipinski definition) is 5. The highest BCUT2D eigenvalue weighted by Crippen LogP contribution is 2.47. The van der Waals surface area contributed by atoms with Crippen molar-refractivity contribution in [3.8, 4) is 5.75 Å². The summed E-state index contributed by atoms with van der Waals surface area (Å²) in [7, 11) is 0. The Bertz CT molecular complexity index is 1320. The van der Waals surface area contributed by atoms with Gasteiger partial charge in [-0.15, -0.1) is 0 Å². The quantitative estimate of drug-likeness (QED) is 0.269. The molecule has 0 saturated heterocycles. The Labute approximate surface area is 246 Å². The molecule has 0 aromatic heterocycles. The van der Waals surface area contributed by atoms with Gasteiger partial charge in [0.1, 0.15) is 5.75 Å². The van der Waals surface area contributed by atoms with Crippen molar-refractivity contribution in [2.75, 3.05) is 24.6 Å². The number of anilines is 1. The van der Waals surface area contributed by atoms with E-state index in [1.807, 2.05) is 24.3 Å². The summed E-state index contributed by atoms with van der Waals surface area (Å²) in [5.41, 5.74) is 4.20. The molecule has 5 aliphatic rings. The first-order valence-corrected chi connectivity index (χ1v) is 16.4. The number of benzene rings is 2. The molecule has 7 rings (SSSR count). The maximum absolute atomic E-state index is 13.4. The summed E-state index contributed by atoms with van der Waals surface area (Å²) in [5, 5.41) is 12.4. The van der Waals surface area contributed by atoms with Gasteiger partial charge in [0.25, 0.3) is 5.91 Å². The standard InChI is InChI=1S/C33H39ClN2O3S/c34-25-9-11-28-22(16-25)4-2-14-33(28)19-36-18-24-7-10-27(24)30(37)12-6-21-3-1-5-26(15-21)40-35-32(38)23-8-13-31(39-20-33)29(36)17-23/h6,8-9,11-13,16-17,21,24,26-27,30,37H,1-5,7,10,14-15,18-20H2,(H,35,38)/b12-6+/t21-,24+,26-,27-,30+,33+/m1/s1. The van der Waals surface area contributed by atoms with E-state index in [-0.39, 0.29) is 17.2 Å². The Morgan fingerprint density at radius 1 is 1.07 bits per heavy atom. The molecule has 5 nitrogen and oxygen atoms in total. The zero-order valence-corrected chi connectivity index (χ0v) is 24.6. The van der Waals surface area contributed by atoms with Gasteiger partial charge in [-0.05, 0) is 123 Å². The molecule has 1 spiro atoms. The Kier molecular flexibility index (Phi) is 7.30. The highest BCUT2D eigenvalue weighted by Gasteiger charge is 2.44. The predicted molar refractivity (Wildman–Crippen MR) is 162 cm³/mol. The van der Waals surface area contributed by atoms with Crippen LogP contribution in [0.15, 0.2) is 48.6 Å². The smallest absolute Gasteiger partial charge is 0.261 e. The van der Waals surface area contributed by atoms with Gasteiger partial charge in [-0.25, -0.2) is 0 Å². The molecule has 2 N–H and O–H groups in total. The molecule has 2 aromatic rings. The van der Waals surface area contributed by atoms with E-state index in [1.54, 1.807) is 11.9 Å². The zero-order chi connectivity index (χ0) is 27.3. The van der Waals surface area contributed by atoms with Crippen LogP contribution in [-0.4, -0.2) is 42.1 Å². The normalized spacial score (nSPS) is 34.4. The van der Waals surface area contributed by atoms with Crippen LogP contribution >= 0.6 is 23.5 Å². The van der Waals surface area contributed by atoms with Crippen molar-refractivity contribution in [2.24, 2.45) is 17.8 Å². The molecule has 4 bridgehead atoms. The van der Waals surface area contributed by atoms with Crippen LogP contribution in [0.25, 0.3) is 0 Å². The second-order valence-electron chi connectivity index (χ2n) is 12.8. The van der Waals surface area contributed by atoms with Crippen molar-refractivity contribution in [3.05, 3.63) is 70.3 Å². The third kappa shape index (κ3) is 5.05. The SMILES string of the molecule is O=C1NS[C@@H]2CCC[C@H](/C=C/[C@H](O)[C@@H]3CC[C@H]3CN3C[C@@]4(CCCc5cc(Cl)ccc54)COc4ccc1cc43)C2. The number of nitrogens with zero attached hydrogens (tertiary/aromatic N) is 1. The van der Waals surface area contributed by atoms with Gasteiger partial charge < -0.3 is 14.7 Å². The van der Waals surface area contributed by atoms with E-state index < -0.39 is 6.10 Å². The van der Waals surface area contributed by atoms with Gasteiger partial charge in [0.2, 0.25) is 0 Å². The van der Waals surface area contributed by atoms with Crippen molar-refractivity contribution in [1.29, 1.82) is 0 Å². The largest absolute Gasteiger partial charge is 0.490 e. The average molecular weight is 579 g/mol. The summed E-state index contributed by atoms with van der Waals surface area (Å²) < 4.78 is 9.77. The summed E-state index contributed by atoms with van der Waals surface area (Å²) in [6.07, 6.45) is 13.8. The van der Waals surface area contributed by atoms with E-state index in [9.17, 15) is 9.90 Å². The Morgan fingerprint density at radius 2 is 2.00 bits per heavy atom. The molecule has 2 saturated carbocycles. The Balaban J connectivity index is 1.27. The molecule has 0 unspecified atom stereocenters. The number of aliphatic hydroxyl groups is 1. The summed E-state index contributed by atoms with van der Waals surface area (Å²) in [6, 6.07) is 12.3. The fourth-order valence-corrected chi connectivity index (χ4v) is 9.10. The van der Waals surface area contributed by atoms with Gasteiger partial charge in [-0.1, -0.05) is 36.2 Å². The molecule has 2 aromatic carbocycles. The number of fused-ring (bicyclic) bond motifs is 6. The molecular formula is C33H39ClN2O3S. The van der Waals surface area contributed by atoms with Gasteiger partial charge in [0, 0.05) is 34.3 Å². The van der Waals surface area contributed by atoms with Gasteiger partial charge in [-0.3, -0.25) is 9.52 Å². The molecule has 2 aliphatic heterocycles. The summed E-state index contributed by atoms with van der Waals surface area (Å²) >= 11 is 7.98. The van der Waals surface area contributed by atoms with Crippen LogP contribution in [0, 0.1) is 17.8 Å². The maximum Gasteiger partial charge on any atom is 0.261 e. The Hall–Kier alpha value is -2.15. The number of aliphatic hydroxyl groups excluding tert-OH is 1. The first kappa shape index (κ1) is 26.7. The number of ether oxygens (including phenoxy) is 1. The molecule has 1 amide bonds.